The Morgan fingerprint density at radius 3 is 2.38 bits per heavy atom. The topological polar surface area (TPSA) is 54.4 Å². The molecule has 16 heavy (non-hydrogen) atoms. The Morgan fingerprint density at radius 1 is 1.38 bits per heavy atom. The molecule has 0 fully saturated rings. The van der Waals surface area contributed by atoms with Crippen LogP contribution < -0.4 is 0 Å². The standard InChI is InChI=1S/C10H12Cl2O3S/c1-7-4-3-5-8(6-7)9(13)10(11,12)16(2,14)15/h3-6,9,13H,1-2H3/t9-/m1/s1. The summed E-state index contributed by atoms with van der Waals surface area (Å²) in [7, 11) is -3.78. The molecule has 0 bridgehead atoms. The zero-order valence-corrected chi connectivity index (χ0v) is 11.1. The molecule has 0 heterocycles. The molecule has 0 saturated heterocycles. The highest BCUT2D eigenvalue weighted by Gasteiger charge is 2.44. The predicted octanol–water partition coefficient (Wildman–Crippen LogP) is 2.20. The summed E-state index contributed by atoms with van der Waals surface area (Å²) in [5.41, 5.74) is 1.25. The van der Waals surface area contributed by atoms with Gasteiger partial charge in [0, 0.05) is 6.26 Å². The molecule has 0 aliphatic heterocycles. The lowest BCUT2D eigenvalue weighted by atomic mass is 10.1. The molecule has 1 aromatic carbocycles. The minimum absolute atomic E-state index is 0.371. The normalized spacial score (nSPS) is 14.8. The van der Waals surface area contributed by atoms with E-state index in [4.69, 9.17) is 23.2 Å². The summed E-state index contributed by atoms with van der Waals surface area (Å²) in [5.74, 6) is 0. The number of sulfone groups is 1. The highest BCUT2D eigenvalue weighted by molar-refractivity contribution is 7.94. The van der Waals surface area contributed by atoms with E-state index in [1.54, 1.807) is 18.2 Å². The molecule has 3 nitrogen and oxygen atoms in total. The smallest absolute Gasteiger partial charge is 0.247 e. The summed E-state index contributed by atoms with van der Waals surface area (Å²) in [6.07, 6.45) is -0.600. The third kappa shape index (κ3) is 2.69. The maximum atomic E-state index is 11.3. The molecule has 0 saturated carbocycles. The summed E-state index contributed by atoms with van der Waals surface area (Å²) in [4.78, 5) is 0. The second-order valence-electron chi connectivity index (χ2n) is 3.65. The number of aryl methyl sites for hydroxylation is 1. The first-order chi connectivity index (χ1) is 7.16. The summed E-state index contributed by atoms with van der Waals surface area (Å²) >= 11 is 11.4. The molecule has 1 N–H and O–H groups in total. The van der Waals surface area contributed by atoms with Gasteiger partial charge in [-0.05, 0) is 12.5 Å². The van der Waals surface area contributed by atoms with Crippen molar-refractivity contribution in [2.45, 2.75) is 16.7 Å². The van der Waals surface area contributed by atoms with Gasteiger partial charge in [0.05, 0.1) is 0 Å². The summed E-state index contributed by atoms with van der Waals surface area (Å²) in [6.45, 7) is 1.82. The van der Waals surface area contributed by atoms with E-state index in [1.165, 1.54) is 0 Å². The average molecular weight is 283 g/mol. The quantitative estimate of drug-likeness (QED) is 0.865. The van der Waals surface area contributed by atoms with Crippen LogP contribution in [0.2, 0.25) is 0 Å². The Kier molecular flexibility index (Phi) is 3.90. The van der Waals surface area contributed by atoms with Crippen LogP contribution >= 0.6 is 23.2 Å². The fourth-order valence-electron chi connectivity index (χ4n) is 1.24. The second-order valence-corrected chi connectivity index (χ2v) is 7.67. The van der Waals surface area contributed by atoms with Crippen LogP contribution in [0.4, 0.5) is 0 Å². The number of hydrogen-bond acceptors (Lipinski definition) is 3. The van der Waals surface area contributed by atoms with Gasteiger partial charge < -0.3 is 5.11 Å². The van der Waals surface area contributed by atoms with E-state index >= 15 is 0 Å². The Labute approximate surface area is 105 Å². The van der Waals surface area contributed by atoms with Crippen LogP contribution in [0.5, 0.6) is 0 Å². The molecule has 1 aromatic rings. The molecule has 90 valence electrons. The second kappa shape index (κ2) is 4.53. The van der Waals surface area contributed by atoms with Gasteiger partial charge in [-0.3, -0.25) is 0 Å². The van der Waals surface area contributed by atoms with E-state index in [0.717, 1.165) is 11.8 Å². The fraction of sp³-hybridized carbons (Fsp3) is 0.400. The van der Waals surface area contributed by atoms with Crippen LogP contribution in [0.25, 0.3) is 0 Å². The first-order valence-corrected chi connectivity index (χ1v) is 7.13. The number of rotatable bonds is 3. The average Bonchev–Trinajstić information content (AvgIpc) is 2.14. The van der Waals surface area contributed by atoms with Crippen molar-refractivity contribution in [2.24, 2.45) is 0 Å². The molecular formula is C10H12Cl2O3S. The lowest BCUT2D eigenvalue weighted by Crippen LogP contribution is -2.32. The highest BCUT2D eigenvalue weighted by atomic mass is 35.5. The molecule has 1 atom stereocenters. The summed E-state index contributed by atoms with van der Waals surface area (Å²) < 4.78 is 20.4. The van der Waals surface area contributed by atoms with E-state index in [0.29, 0.717) is 5.56 Å². The third-order valence-corrected chi connectivity index (χ3v) is 5.48. The molecule has 1 rings (SSSR count). The van der Waals surface area contributed by atoms with Crippen LogP contribution in [0.1, 0.15) is 17.2 Å². The van der Waals surface area contributed by atoms with Crippen molar-refractivity contribution in [1.82, 2.24) is 0 Å². The Morgan fingerprint density at radius 2 is 1.94 bits per heavy atom. The van der Waals surface area contributed by atoms with E-state index in [9.17, 15) is 13.5 Å². The largest absolute Gasteiger partial charge is 0.384 e. The molecule has 0 aliphatic carbocycles. The number of hydrogen-bond donors (Lipinski definition) is 1. The van der Waals surface area contributed by atoms with E-state index in [1.807, 2.05) is 13.0 Å². The van der Waals surface area contributed by atoms with Crippen molar-refractivity contribution in [2.75, 3.05) is 6.26 Å². The number of benzene rings is 1. The van der Waals surface area contributed by atoms with Gasteiger partial charge in [0.1, 0.15) is 6.10 Å². The molecule has 6 heteroatoms. The minimum atomic E-state index is -3.78. The SMILES string of the molecule is Cc1cccc([C@@H](O)C(Cl)(Cl)S(C)(=O)=O)c1. The van der Waals surface area contributed by atoms with Crippen molar-refractivity contribution in [3.8, 4) is 0 Å². The Bertz CT molecular complexity index is 483. The van der Waals surface area contributed by atoms with Gasteiger partial charge in [-0.25, -0.2) is 8.42 Å². The number of aliphatic hydroxyl groups is 1. The van der Waals surface area contributed by atoms with Crippen molar-refractivity contribution < 1.29 is 13.5 Å². The number of halogens is 2. The van der Waals surface area contributed by atoms with Gasteiger partial charge in [-0.2, -0.15) is 0 Å². The van der Waals surface area contributed by atoms with E-state index < -0.39 is 19.6 Å². The van der Waals surface area contributed by atoms with Crippen LogP contribution in [-0.2, 0) is 9.84 Å². The minimum Gasteiger partial charge on any atom is -0.384 e. The monoisotopic (exact) mass is 282 g/mol. The molecular weight excluding hydrogens is 271 g/mol. The summed E-state index contributed by atoms with van der Waals surface area (Å²) in [5, 5.41) is 9.87. The van der Waals surface area contributed by atoms with Gasteiger partial charge in [0.2, 0.25) is 3.67 Å². The zero-order valence-electron chi connectivity index (χ0n) is 8.81. The van der Waals surface area contributed by atoms with Gasteiger partial charge >= 0.3 is 0 Å². The molecule has 0 radical (unpaired) electrons. The van der Waals surface area contributed by atoms with Crippen LogP contribution in [-0.4, -0.2) is 23.4 Å². The highest BCUT2D eigenvalue weighted by Crippen LogP contribution is 2.40. The number of aliphatic hydroxyl groups excluding tert-OH is 1. The van der Waals surface area contributed by atoms with Gasteiger partial charge in [-0.1, -0.05) is 53.0 Å². The van der Waals surface area contributed by atoms with Crippen molar-refractivity contribution >= 4 is 33.0 Å². The van der Waals surface area contributed by atoms with Crippen molar-refractivity contribution in [3.63, 3.8) is 0 Å². The van der Waals surface area contributed by atoms with Crippen molar-refractivity contribution in [1.29, 1.82) is 0 Å². The van der Waals surface area contributed by atoms with Gasteiger partial charge in [0.15, 0.2) is 9.84 Å². The van der Waals surface area contributed by atoms with E-state index in [-0.39, 0.29) is 0 Å². The first-order valence-electron chi connectivity index (χ1n) is 4.48. The molecule has 0 unspecified atom stereocenters. The molecule has 0 spiro atoms. The molecule has 0 aromatic heterocycles. The van der Waals surface area contributed by atoms with E-state index in [2.05, 4.69) is 0 Å². The lowest BCUT2D eigenvalue weighted by Gasteiger charge is -2.24. The Balaban J connectivity index is 3.17. The summed E-state index contributed by atoms with van der Waals surface area (Å²) in [6, 6.07) is 6.72. The fourth-order valence-corrected chi connectivity index (χ4v) is 2.03. The molecule has 0 amide bonds. The predicted molar refractivity (Wildman–Crippen MR) is 65.4 cm³/mol. The van der Waals surface area contributed by atoms with Crippen LogP contribution in [0.3, 0.4) is 0 Å². The molecule has 0 aliphatic rings. The first kappa shape index (κ1) is 13.8. The third-order valence-electron chi connectivity index (χ3n) is 2.17. The van der Waals surface area contributed by atoms with Crippen LogP contribution in [0, 0.1) is 6.92 Å². The maximum absolute atomic E-state index is 11.3. The van der Waals surface area contributed by atoms with Gasteiger partial charge in [-0.15, -0.1) is 0 Å². The maximum Gasteiger partial charge on any atom is 0.247 e. The lowest BCUT2D eigenvalue weighted by molar-refractivity contribution is 0.181. The number of alkyl halides is 2. The zero-order chi connectivity index (χ0) is 12.6. The Hall–Kier alpha value is -0.290. The van der Waals surface area contributed by atoms with Gasteiger partial charge in [0.25, 0.3) is 0 Å². The van der Waals surface area contributed by atoms with Crippen molar-refractivity contribution in [3.05, 3.63) is 35.4 Å². The van der Waals surface area contributed by atoms with Crippen LogP contribution in [0.15, 0.2) is 24.3 Å².